The molecule has 0 spiro atoms. The van der Waals surface area contributed by atoms with Crippen LogP contribution in [0.1, 0.15) is 33.3 Å². The van der Waals surface area contributed by atoms with E-state index in [2.05, 4.69) is 24.3 Å². The number of rotatable bonds is 2. The molecule has 0 N–H and O–H groups in total. The molecule has 0 bridgehead atoms. The van der Waals surface area contributed by atoms with Gasteiger partial charge < -0.3 is 0 Å². The van der Waals surface area contributed by atoms with E-state index in [4.69, 9.17) is 0 Å². The van der Waals surface area contributed by atoms with Crippen LogP contribution in [0.4, 0.5) is 0 Å². The quantitative estimate of drug-likeness (QED) is 0.524. The molecule has 98 valence electrons. The standard InChI is InChI=1S/C9H8O.C5H6.C2H6.CH4/c10-8-4-7-9-5-2-1-3-6-9;1-2-4-5-3-1;1-2;/h1-8H;1-4H,5H2;1-2H3;1H4/b7-4+;;;. The maximum absolute atomic E-state index is 9.89. The van der Waals surface area contributed by atoms with Crippen LogP contribution in [0, 0.1) is 0 Å². The first-order chi connectivity index (χ1) is 8.43. The van der Waals surface area contributed by atoms with Crippen molar-refractivity contribution in [3.8, 4) is 0 Å². The molecule has 0 radical (unpaired) electrons. The molecule has 0 saturated carbocycles. The zero-order chi connectivity index (χ0) is 12.8. The first-order valence-electron chi connectivity index (χ1n) is 5.92. The molecule has 1 heteroatoms. The maximum Gasteiger partial charge on any atom is 0.142 e. The van der Waals surface area contributed by atoms with Gasteiger partial charge in [-0.15, -0.1) is 0 Å². The molecule has 0 heterocycles. The summed E-state index contributed by atoms with van der Waals surface area (Å²) in [5.74, 6) is 0. The van der Waals surface area contributed by atoms with Gasteiger partial charge in [0.25, 0.3) is 0 Å². The van der Waals surface area contributed by atoms with Crippen LogP contribution in [0.15, 0.2) is 60.7 Å². The van der Waals surface area contributed by atoms with Crippen LogP contribution in [-0.4, -0.2) is 6.29 Å². The minimum Gasteiger partial charge on any atom is -0.299 e. The molecule has 0 aliphatic heterocycles. The molecule has 0 fully saturated rings. The van der Waals surface area contributed by atoms with Crippen LogP contribution in [-0.2, 0) is 4.79 Å². The van der Waals surface area contributed by atoms with E-state index in [-0.39, 0.29) is 7.43 Å². The van der Waals surface area contributed by atoms with Crippen molar-refractivity contribution in [3.05, 3.63) is 66.3 Å². The number of hydrogen-bond donors (Lipinski definition) is 0. The van der Waals surface area contributed by atoms with Crippen molar-refractivity contribution in [3.63, 3.8) is 0 Å². The van der Waals surface area contributed by atoms with Gasteiger partial charge in [-0.3, -0.25) is 4.79 Å². The smallest absolute Gasteiger partial charge is 0.142 e. The number of carbonyl (C=O) groups is 1. The van der Waals surface area contributed by atoms with Crippen LogP contribution in [0.3, 0.4) is 0 Å². The lowest BCUT2D eigenvalue weighted by molar-refractivity contribution is -0.104. The highest BCUT2D eigenvalue weighted by Gasteiger charge is 1.79. The van der Waals surface area contributed by atoms with Crippen molar-refractivity contribution in [2.75, 3.05) is 0 Å². The van der Waals surface area contributed by atoms with Gasteiger partial charge in [0, 0.05) is 0 Å². The predicted octanol–water partition coefficient (Wildman–Crippen LogP) is 5.06. The molecule has 1 aliphatic rings. The SMILES string of the molecule is C.C1=CCC=C1.CC.O=C/C=C/c1ccccc1. The van der Waals surface area contributed by atoms with Gasteiger partial charge in [-0.1, -0.05) is 82.0 Å². The fraction of sp³-hybridized carbons (Fsp3) is 0.235. The van der Waals surface area contributed by atoms with Gasteiger partial charge in [0.05, 0.1) is 0 Å². The highest BCUT2D eigenvalue weighted by Crippen LogP contribution is 1.99. The molecule has 18 heavy (non-hydrogen) atoms. The third-order valence-corrected chi connectivity index (χ3v) is 1.82. The zero-order valence-electron chi connectivity index (χ0n) is 10.5. The van der Waals surface area contributed by atoms with Crippen molar-refractivity contribution in [1.82, 2.24) is 0 Å². The summed E-state index contributed by atoms with van der Waals surface area (Å²) in [5, 5.41) is 0. The number of hydrogen-bond acceptors (Lipinski definition) is 1. The Morgan fingerprint density at radius 3 is 1.94 bits per heavy atom. The van der Waals surface area contributed by atoms with Crippen molar-refractivity contribution >= 4 is 12.4 Å². The summed E-state index contributed by atoms with van der Waals surface area (Å²) in [5.41, 5.74) is 1.05. The van der Waals surface area contributed by atoms with E-state index in [0.717, 1.165) is 18.3 Å². The number of aldehydes is 1. The Bertz CT molecular complexity index is 348. The minimum atomic E-state index is 0. The average Bonchev–Trinajstić information content (AvgIpc) is 2.99. The van der Waals surface area contributed by atoms with Crippen LogP contribution in [0.2, 0.25) is 0 Å². The largest absolute Gasteiger partial charge is 0.299 e. The third kappa shape index (κ3) is 10.6. The molecule has 1 aromatic carbocycles. The van der Waals surface area contributed by atoms with Gasteiger partial charge >= 0.3 is 0 Å². The normalized spacial score (nSPS) is 10.8. The molecule has 1 aliphatic carbocycles. The Morgan fingerprint density at radius 1 is 1.00 bits per heavy atom. The predicted molar refractivity (Wildman–Crippen MR) is 82.5 cm³/mol. The Kier molecular flexibility index (Phi) is 15.5. The molecule has 1 nitrogen and oxygen atoms in total. The summed E-state index contributed by atoms with van der Waals surface area (Å²) in [7, 11) is 0. The first kappa shape index (κ1) is 18.5. The highest BCUT2D eigenvalue weighted by atomic mass is 16.1. The summed E-state index contributed by atoms with van der Waals surface area (Å²) in [4.78, 5) is 9.89. The van der Waals surface area contributed by atoms with Gasteiger partial charge in [-0.25, -0.2) is 0 Å². The Morgan fingerprint density at radius 2 is 1.56 bits per heavy atom. The van der Waals surface area contributed by atoms with E-state index in [0.29, 0.717) is 0 Å². The van der Waals surface area contributed by atoms with Crippen LogP contribution in [0.5, 0.6) is 0 Å². The number of carbonyl (C=O) groups excluding carboxylic acids is 1. The summed E-state index contributed by atoms with van der Waals surface area (Å²) in [6, 6.07) is 9.70. The van der Waals surface area contributed by atoms with E-state index in [1.807, 2.05) is 44.2 Å². The van der Waals surface area contributed by atoms with Crippen molar-refractivity contribution in [2.45, 2.75) is 27.7 Å². The minimum absolute atomic E-state index is 0. The van der Waals surface area contributed by atoms with Crippen LogP contribution in [0.25, 0.3) is 6.08 Å². The lowest BCUT2D eigenvalue weighted by Gasteiger charge is -1.86. The summed E-state index contributed by atoms with van der Waals surface area (Å²) in [6.07, 6.45) is 13.5. The molecule has 1 aromatic rings. The second-order valence-electron chi connectivity index (χ2n) is 3.00. The topological polar surface area (TPSA) is 17.1 Å². The van der Waals surface area contributed by atoms with E-state index in [9.17, 15) is 4.79 Å². The molecule has 0 unspecified atom stereocenters. The first-order valence-corrected chi connectivity index (χ1v) is 5.92. The summed E-state index contributed by atoms with van der Waals surface area (Å²) >= 11 is 0. The highest BCUT2D eigenvalue weighted by molar-refractivity contribution is 5.73. The van der Waals surface area contributed by atoms with Crippen LogP contribution < -0.4 is 0 Å². The number of allylic oxidation sites excluding steroid dienone is 5. The number of benzene rings is 1. The molecular weight excluding hydrogens is 220 g/mol. The molecule has 0 saturated heterocycles. The van der Waals surface area contributed by atoms with E-state index >= 15 is 0 Å². The van der Waals surface area contributed by atoms with Gasteiger partial charge in [-0.05, 0) is 18.1 Å². The molecule has 0 amide bonds. The van der Waals surface area contributed by atoms with E-state index in [1.165, 1.54) is 6.08 Å². The maximum atomic E-state index is 9.89. The van der Waals surface area contributed by atoms with Crippen LogP contribution >= 0.6 is 0 Å². The van der Waals surface area contributed by atoms with Gasteiger partial charge in [0.15, 0.2) is 0 Å². The van der Waals surface area contributed by atoms with Gasteiger partial charge in [0.2, 0.25) is 0 Å². The van der Waals surface area contributed by atoms with Gasteiger partial charge in [-0.2, -0.15) is 0 Å². The van der Waals surface area contributed by atoms with E-state index in [1.54, 1.807) is 6.08 Å². The van der Waals surface area contributed by atoms with E-state index < -0.39 is 0 Å². The Hall–Kier alpha value is -1.89. The Labute approximate surface area is 112 Å². The van der Waals surface area contributed by atoms with Crippen molar-refractivity contribution < 1.29 is 4.79 Å². The molecule has 0 aromatic heterocycles. The molecular formula is C17H24O. The fourth-order valence-electron chi connectivity index (χ4n) is 1.11. The second-order valence-corrected chi connectivity index (χ2v) is 3.00. The monoisotopic (exact) mass is 244 g/mol. The average molecular weight is 244 g/mol. The van der Waals surface area contributed by atoms with Crippen molar-refractivity contribution in [1.29, 1.82) is 0 Å². The van der Waals surface area contributed by atoms with Crippen molar-refractivity contribution in [2.24, 2.45) is 0 Å². The van der Waals surface area contributed by atoms with Gasteiger partial charge in [0.1, 0.15) is 6.29 Å². The summed E-state index contributed by atoms with van der Waals surface area (Å²) < 4.78 is 0. The lowest BCUT2D eigenvalue weighted by atomic mass is 10.2. The third-order valence-electron chi connectivity index (χ3n) is 1.82. The lowest BCUT2D eigenvalue weighted by Crippen LogP contribution is -1.67. The molecule has 2 rings (SSSR count). The second kappa shape index (κ2) is 15.1. The zero-order valence-corrected chi connectivity index (χ0v) is 10.5. The summed E-state index contributed by atoms with van der Waals surface area (Å²) in [6.45, 7) is 4.00. The fourth-order valence-corrected chi connectivity index (χ4v) is 1.11. The molecule has 0 atom stereocenters. The Balaban J connectivity index is 0.